The number of carbonyl (C=O) groups is 1. The second-order valence-corrected chi connectivity index (χ2v) is 5.63. The number of ether oxygens (including phenoxy) is 2. The Labute approximate surface area is 115 Å². The molecule has 1 amide bonds. The maximum absolute atomic E-state index is 11.7. The fourth-order valence-electron chi connectivity index (χ4n) is 2.72. The molecular formula is C14H26N2O3. The highest BCUT2D eigenvalue weighted by Crippen LogP contribution is 2.14. The van der Waals surface area contributed by atoms with E-state index in [1.54, 1.807) is 0 Å². The Morgan fingerprint density at radius 3 is 3.05 bits per heavy atom. The summed E-state index contributed by atoms with van der Waals surface area (Å²) >= 11 is 0. The van der Waals surface area contributed by atoms with E-state index in [1.165, 1.54) is 12.8 Å². The molecule has 2 aliphatic rings. The molecule has 2 rings (SSSR count). The molecule has 0 spiro atoms. The Bertz CT molecular complexity index is 280. The number of rotatable bonds is 6. The lowest BCUT2D eigenvalue weighted by atomic mass is 9.93. The molecule has 2 saturated heterocycles. The first-order valence-corrected chi connectivity index (χ1v) is 7.45. The van der Waals surface area contributed by atoms with Crippen LogP contribution in [0.3, 0.4) is 0 Å². The maximum atomic E-state index is 11.7. The summed E-state index contributed by atoms with van der Waals surface area (Å²) in [5.41, 5.74) is 0. The molecule has 2 heterocycles. The molecule has 0 aliphatic carbocycles. The van der Waals surface area contributed by atoms with Crippen LogP contribution in [0.2, 0.25) is 0 Å². The van der Waals surface area contributed by atoms with Crippen molar-refractivity contribution in [3.05, 3.63) is 0 Å². The highest BCUT2D eigenvalue weighted by atomic mass is 16.5. The topological polar surface area (TPSA) is 59.6 Å². The van der Waals surface area contributed by atoms with Gasteiger partial charge in [-0.3, -0.25) is 4.79 Å². The third kappa shape index (κ3) is 5.09. The van der Waals surface area contributed by atoms with E-state index in [-0.39, 0.29) is 18.6 Å². The van der Waals surface area contributed by atoms with Gasteiger partial charge in [0.05, 0.1) is 12.7 Å². The van der Waals surface area contributed by atoms with E-state index < -0.39 is 0 Å². The van der Waals surface area contributed by atoms with E-state index in [1.807, 2.05) is 0 Å². The minimum absolute atomic E-state index is 0.0300. The Morgan fingerprint density at radius 1 is 1.42 bits per heavy atom. The lowest BCUT2D eigenvalue weighted by Gasteiger charge is -2.30. The molecule has 3 atom stereocenters. The molecule has 2 aliphatic heterocycles. The Kier molecular flexibility index (Phi) is 6.07. The van der Waals surface area contributed by atoms with Crippen LogP contribution in [0.5, 0.6) is 0 Å². The molecule has 0 unspecified atom stereocenters. The first kappa shape index (κ1) is 14.8. The van der Waals surface area contributed by atoms with Crippen molar-refractivity contribution in [2.45, 2.75) is 44.8 Å². The third-order valence-electron chi connectivity index (χ3n) is 4.01. The second kappa shape index (κ2) is 7.82. The van der Waals surface area contributed by atoms with Gasteiger partial charge in [-0.2, -0.15) is 0 Å². The summed E-state index contributed by atoms with van der Waals surface area (Å²) in [6.45, 7) is 5.48. The van der Waals surface area contributed by atoms with Gasteiger partial charge >= 0.3 is 0 Å². The van der Waals surface area contributed by atoms with E-state index in [2.05, 4.69) is 17.6 Å². The molecule has 0 aromatic heterocycles. The lowest BCUT2D eigenvalue weighted by molar-refractivity contribution is -0.127. The number of piperidine rings is 1. The molecule has 0 bridgehead atoms. The van der Waals surface area contributed by atoms with Gasteiger partial charge in [-0.25, -0.2) is 0 Å². The van der Waals surface area contributed by atoms with E-state index in [9.17, 15) is 4.79 Å². The smallest absolute Gasteiger partial charge is 0.246 e. The molecule has 2 N–H and O–H groups in total. The largest absolute Gasteiger partial charge is 0.376 e. The van der Waals surface area contributed by atoms with Crippen LogP contribution in [0.1, 0.15) is 32.6 Å². The summed E-state index contributed by atoms with van der Waals surface area (Å²) in [5.74, 6) is 0.597. The predicted octanol–water partition coefficient (Wildman–Crippen LogP) is 0.686. The van der Waals surface area contributed by atoms with E-state index >= 15 is 0 Å². The Hall–Kier alpha value is -0.650. The van der Waals surface area contributed by atoms with E-state index in [0.29, 0.717) is 25.1 Å². The number of nitrogens with one attached hydrogen (secondary N) is 2. The SMILES string of the molecule is C[C@@H]1CCCN[C@H]1CNC(=O)COC[C@H]1CCCO1. The normalized spacial score (nSPS) is 31.3. The molecule has 0 aromatic carbocycles. The minimum atomic E-state index is -0.0300. The van der Waals surface area contributed by atoms with Crippen molar-refractivity contribution in [2.24, 2.45) is 5.92 Å². The van der Waals surface area contributed by atoms with Crippen molar-refractivity contribution >= 4 is 5.91 Å². The van der Waals surface area contributed by atoms with Crippen LogP contribution < -0.4 is 10.6 Å². The first-order valence-electron chi connectivity index (χ1n) is 7.45. The fraction of sp³-hybridized carbons (Fsp3) is 0.929. The van der Waals surface area contributed by atoms with Crippen LogP contribution in [0, 0.1) is 5.92 Å². The number of hydrogen-bond acceptors (Lipinski definition) is 4. The van der Waals surface area contributed by atoms with Gasteiger partial charge in [0.25, 0.3) is 0 Å². The van der Waals surface area contributed by atoms with Crippen LogP contribution in [-0.4, -0.2) is 51.0 Å². The lowest BCUT2D eigenvalue weighted by Crippen LogP contribution is -2.48. The van der Waals surface area contributed by atoms with Gasteiger partial charge < -0.3 is 20.1 Å². The van der Waals surface area contributed by atoms with Crippen molar-refractivity contribution in [2.75, 3.05) is 32.9 Å². The zero-order valence-corrected chi connectivity index (χ0v) is 11.8. The van der Waals surface area contributed by atoms with Gasteiger partial charge in [-0.05, 0) is 38.1 Å². The second-order valence-electron chi connectivity index (χ2n) is 5.63. The van der Waals surface area contributed by atoms with Crippen LogP contribution >= 0.6 is 0 Å². The van der Waals surface area contributed by atoms with Crippen LogP contribution in [-0.2, 0) is 14.3 Å². The number of amides is 1. The number of hydrogen-bond donors (Lipinski definition) is 2. The summed E-state index contributed by atoms with van der Waals surface area (Å²) in [5, 5.41) is 6.39. The molecule has 0 saturated carbocycles. The highest BCUT2D eigenvalue weighted by Gasteiger charge is 2.21. The molecule has 0 aromatic rings. The van der Waals surface area contributed by atoms with Crippen LogP contribution in [0.25, 0.3) is 0 Å². The zero-order valence-electron chi connectivity index (χ0n) is 11.8. The molecule has 19 heavy (non-hydrogen) atoms. The van der Waals surface area contributed by atoms with Gasteiger partial charge in [-0.15, -0.1) is 0 Å². The average Bonchev–Trinajstić information content (AvgIpc) is 2.91. The van der Waals surface area contributed by atoms with Gasteiger partial charge in [-0.1, -0.05) is 6.92 Å². The number of carbonyl (C=O) groups excluding carboxylic acids is 1. The van der Waals surface area contributed by atoms with Crippen LogP contribution in [0.15, 0.2) is 0 Å². The zero-order chi connectivity index (χ0) is 13.5. The van der Waals surface area contributed by atoms with Crippen molar-refractivity contribution in [1.82, 2.24) is 10.6 Å². The van der Waals surface area contributed by atoms with Crippen molar-refractivity contribution in [3.63, 3.8) is 0 Å². The van der Waals surface area contributed by atoms with Gasteiger partial charge in [0.2, 0.25) is 5.91 Å². The van der Waals surface area contributed by atoms with Gasteiger partial charge in [0.1, 0.15) is 6.61 Å². The predicted molar refractivity (Wildman–Crippen MR) is 73.0 cm³/mol. The molecular weight excluding hydrogens is 244 g/mol. The van der Waals surface area contributed by atoms with Gasteiger partial charge in [0, 0.05) is 19.2 Å². The van der Waals surface area contributed by atoms with Gasteiger partial charge in [0.15, 0.2) is 0 Å². The quantitative estimate of drug-likeness (QED) is 0.745. The molecule has 0 radical (unpaired) electrons. The molecule has 2 fully saturated rings. The van der Waals surface area contributed by atoms with Crippen molar-refractivity contribution in [3.8, 4) is 0 Å². The molecule has 5 nitrogen and oxygen atoms in total. The Balaban J connectivity index is 1.53. The summed E-state index contributed by atoms with van der Waals surface area (Å²) in [4.78, 5) is 11.7. The fourth-order valence-corrected chi connectivity index (χ4v) is 2.72. The minimum Gasteiger partial charge on any atom is -0.376 e. The maximum Gasteiger partial charge on any atom is 0.246 e. The third-order valence-corrected chi connectivity index (χ3v) is 4.01. The summed E-state index contributed by atoms with van der Waals surface area (Å²) in [7, 11) is 0. The summed E-state index contributed by atoms with van der Waals surface area (Å²) in [6, 6.07) is 0.399. The highest BCUT2D eigenvalue weighted by molar-refractivity contribution is 5.77. The summed E-state index contributed by atoms with van der Waals surface area (Å²) in [6.07, 6.45) is 4.81. The standard InChI is InChI=1S/C14H26N2O3/c1-11-4-2-6-15-13(11)8-16-14(17)10-18-9-12-5-3-7-19-12/h11-13,15H,2-10H2,1H3,(H,16,17)/t11-,12-,13+/m1/s1. The molecule has 110 valence electrons. The average molecular weight is 270 g/mol. The monoisotopic (exact) mass is 270 g/mol. The van der Waals surface area contributed by atoms with Crippen LogP contribution in [0.4, 0.5) is 0 Å². The Morgan fingerprint density at radius 2 is 2.32 bits per heavy atom. The van der Waals surface area contributed by atoms with E-state index in [4.69, 9.17) is 9.47 Å². The van der Waals surface area contributed by atoms with E-state index in [0.717, 1.165) is 26.0 Å². The first-order chi connectivity index (χ1) is 9.25. The molecule has 5 heteroatoms. The van der Waals surface area contributed by atoms with Crippen molar-refractivity contribution in [1.29, 1.82) is 0 Å². The van der Waals surface area contributed by atoms with Crippen molar-refractivity contribution < 1.29 is 14.3 Å². The summed E-state index contributed by atoms with van der Waals surface area (Å²) < 4.78 is 10.8.